The van der Waals surface area contributed by atoms with Gasteiger partial charge in [-0.3, -0.25) is 0 Å². The van der Waals surface area contributed by atoms with Crippen molar-refractivity contribution in [3.63, 3.8) is 0 Å². The standard InChI is InChI=1S/C55H65N/c1-37-51(39-15-5-2-6-16-39)36-45-21-11-12-22-47(45)50-30-29-44(34-52(37)50)43-27-25-40-26-28-46(48-23-13-14-24-49(48)53(40)35-43)31-38-32-54(41-17-7-3-8-18-41)56-55(33-38)42-19-9-4-10-20-42/h2-5,7,9,12-13,15,17,19,22-23,32-35,37,40,46,50-54,56H,6,8,10-11,14,16,18,20-21,24-31,36H2,1H3/t37-,40?,46-,50?,51?,52?,53?,54?/m0/s1. The van der Waals surface area contributed by atoms with Gasteiger partial charge in [-0.1, -0.05) is 121 Å². The van der Waals surface area contributed by atoms with E-state index in [9.17, 15) is 0 Å². The van der Waals surface area contributed by atoms with Gasteiger partial charge in [0.25, 0.3) is 0 Å². The van der Waals surface area contributed by atoms with Crippen molar-refractivity contribution in [3.05, 3.63) is 165 Å². The molecule has 1 N–H and O–H groups in total. The number of hydrogen-bond donors (Lipinski definition) is 1. The Morgan fingerprint density at radius 3 is 2.14 bits per heavy atom. The van der Waals surface area contributed by atoms with Crippen LogP contribution in [0.4, 0.5) is 0 Å². The second-order valence-electron chi connectivity index (χ2n) is 19.0. The Hall–Kier alpha value is -3.84. The Bertz CT molecular complexity index is 2030. The van der Waals surface area contributed by atoms with Crippen LogP contribution in [-0.2, 0) is 0 Å². The van der Waals surface area contributed by atoms with Crippen molar-refractivity contribution >= 4 is 0 Å². The average Bonchev–Trinajstić information content (AvgIpc) is 3.50. The van der Waals surface area contributed by atoms with E-state index in [1.54, 1.807) is 39.0 Å². The second-order valence-corrected chi connectivity index (χ2v) is 19.0. The maximum absolute atomic E-state index is 3.99. The van der Waals surface area contributed by atoms with Crippen molar-refractivity contribution in [2.45, 2.75) is 129 Å². The van der Waals surface area contributed by atoms with Crippen LogP contribution in [0.2, 0.25) is 0 Å². The first-order chi connectivity index (χ1) is 27.7. The van der Waals surface area contributed by atoms with E-state index < -0.39 is 0 Å². The fourth-order valence-corrected chi connectivity index (χ4v) is 12.9. The van der Waals surface area contributed by atoms with Crippen LogP contribution in [0, 0.1) is 41.4 Å². The highest BCUT2D eigenvalue weighted by atomic mass is 14.9. The molecule has 56 heavy (non-hydrogen) atoms. The third-order valence-corrected chi connectivity index (χ3v) is 15.9. The van der Waals surface area contributed by atoms with Gasteiger partial charge in [-0.25, -0.2) is 0 Å². The zero-order valence-corrected chi connectivity index (χ0v) is 34.2. The molecule has 9 aliphatic carbocycles. The number of allylic oxidation sites excluding steroid dienone is 25. The van der Waals surface area contributed by atoms with E-state index in [0.717, 1.165) is 31.6 Å². The van der Waals surface area contributed by atoms with Crippen LogP contribution in [0.3, 0.4) is 0 Å². The molecule has 10 rings (SSSR count). The quantitative estimate of drug-likeness (QED) is 0.286. The summed E-state index contributed by atoms with van der Waals surface area (Å²) in [5.74, 6) is 4.76. The fourth-order valence-electron chi connectivity index (χ4n) is 12.9. The summed E-state index contributed by atoms with van der Waals surface area (Å²) in [6, 6.07) is 0.305. The van der Waals surface area contributed by atoms with Crippen LogP contribution >= 0.6 is 0 Å². The number of fused-ring (bicyclic) bond motifs is 4. The van der Waals surface area contributed by atoms with Gasteiger partial charge in [-0.15, -0.1) is 0 Å². The molecule has 1 aliphatic heterocycles. The Morgan fingerprint density at radius 1 is 0.607 bits per heavy atom. The average molecular weight is 740 g/mol. The minimum atomic E-state index is 0.305. The molecule has 1 heteroatoms. The lowest BCUT2D eigenvalue weighted by atomic mass is 9.65. The molecule has 0 spiro atoms. The molecule has 0 bridgehead atoms. The first kappa shape index (κ1) is 36.5. The predicted octanol–water partition coefficient (Wildman–Crippen LogP) is 14.3. The SMILES string of the molecule is C[C@H]1C(C2=CC=CCC2)CC2=C(C=CCC2)C2CCC(C3=CC4C5=C(C=CCC5)[C@H](CC5=CC(C6=CC=CCC6)NC(C6=CC=CCC6)=C5)CCC4CC3)=CC21. The molecular weight excluding hydrogens is 675 g/mol. The lowest BCUT2D eigenvalue weighted by molar-refractivity contribution is 0.252. The Labute approximate surface area is 338 Å². The third kappa shape index (κ3) is 7.27. The lowest BCUT2D eigenvalue weighted by Crippen LogP contribution is -2.33. The summed E-state index contributed by atoms with van der Waals surface area (Å²) in [5.41, 5.74) is 18.2. The van der Waals surface area contributed by atoms with Crippen LogP contribution in [0.15, 0.2) is 165 Å². The van der Waals surface area contributed by atoms with Gasteiger partial charge in [-0.05, 0) is 196 Å². The van der Waals surface area contributed by atoms with Gasteiger partial charge < -0.3 is 5.32 Å². The molecule has 0 saturated carbocycles. The summed E-state index contributed by atoms with van der Waals surface area (Å²) in [5, 5.41) is 3.99. The van der Waals surface area contributed by atoms with E-state index in [2.05, 4.69) is 116 Å². The Morgan fingerprint density at radius 2 is 1.34 bits per heavy atom. The highest BCUT2D eigenvalue weighted by Crippen LogP contribution is 2.53. The topological polar surface area (TPSA) is 12.0 Å². The van der Waals surface area contributed by atoms with Crippen molar-refractivity contribution in [3.8, 4) is 0 Å². The third-order valence-electron chi connectivity index (χ3n) is 15.9. The van der Waals surface area contributed by atoms with E-state index in [1.807, 2.05) is 5.57 Å². The van der Waals surface area contributed by atoms with Gasteiger partial charge in [0.05, 0.1) is 6.04 Å². The number of dihydropyridines is 1. The van der Waals surface area contributed by atoms with Crippen molar-refractivity contribution in [1.82, 2.24) is 5.32 Å². The zero-order valence-electron chi connectivity index (χ0n) is 34.2. The summed E-state index contributed by atoms with van der Waals surface area (Å²) < 4.78 is 0. The molecule has 6 unspecified atom stereocenters. The molecular formula is C55H65N. The van der Waals surface area contributed by atoms with Crippen LogP contribution in [0.5, 0.6) is 0 Å². The van der Waals surface area contributed by atoms with E-state index in [4.69, 9.17) is 0 Å². The minimum Gasteiger partial charge on any atom is -0.375 e. The predicted molar refractivity (Wildman–Crippen MR) is 236 cm³/mol. The van der Waals surface area contributed by atoms with Crippen molar-refractivity contribution in [1.29, 1.82) is 0 Å². The second kappa shape index (κ2) is 16.2. The van der Waals surface area contributed by atoms with E-state index in [-0.39, 0.29) is 0 Å². The van der Waals surface area contributed by atoms with Crippen LogP contribution < -0.4 is 5.32 Å². The maximum atomic E-state index is 3.99. The van der Waals surface area contributed by atoms with E-state index in [1.165, 1.54) is 107 Å². The van der Waals surface area contributed by atoms with Crippen LogP contribution in [0.1, 0.15) is 122 Å². The fraction of sp³-hybridized carbons (Fsp3) is 0.491. The lowest BCUT2D eigenvalue weighted by Gasteiger charge is -2.39. The van der Waals surface area contributed by atoms with E-state index in [0.29, 0.717) is 41.5 Å². The van der Waals surface area contributed by atoms with Gasteiger partial charge >= 0.3 is 0 Å². The molecule has 0 aromatic heterocycles. The molecule has 0 aromatic rings. The zero-order chi connectivity index (χ0) is 37.4. The molecule has 1 nitrogen and oxygen atoms in total. The highest BCUT2D eigenvalue weighted by Gasteiger charge is 2.42. The monoisotopic (exact) mass is 740 g/mol. The van der Waals surface area contributed by atoms with E-state index >= 15 is 0 Å². The van der Waals surface area contributed by atoms with Gasteiger partial charge in [0.2, 0.25) is 0 Å². The largest absolute Gasteiger partial charge is 0.375 e. The highest BCUT2D eigenvalue weighted by molar-refractivity contribution is 5.49. The first-order valence-electron chi connectivity index (χ1n) is 23.1. The molecule has 0 saturated heterocycles. The summed E-state index contributed by atoms with van der Waals surface area (Å²) in [7, 11) is 0. The van der Waals surface area contributed by atoms with Crippen molar-refractivity contribution in [2.24, 2.45) is 41.4 Å². The minimum absolute atomic E-state index is 0.305. The van der Waals surface area contributed by atoms with Crippen LogP contribution in [0.25, 0.3) is 0 Å². The Kier molecular flexibility index (Phi) is 10.6. The number of rotatable bonds is 6. The van der Waals surface area contributed by atoms with Crippen molar-refractivity contribution in [2.75, 3.05) is 0 Å². The summed E-state index contributed by atoms with van der Waals surface area (Å²) in [4.78, 5) is 0. The maximum Gasteiger partial charge on any atom is 0.0666 e. The summed E-state index contributed by atoms with van der Waals surface area (Å²) in [6.45, 7) is 2.63. The molecule has 290 valence electrons. The normalized spacial score (nSPS) is 35.2. The smallest absolute Gasteiger partial charge is 0.0666 e. The van der Waals surface area contributed by atoms with Gasteiger partial charge in [0, 0.05) is 11.6 Å². The van der Waals surface area contributed by atoms with Gasteiger partial charge in [-0.2, -0.15) is 0 Å². The van der Waals surface area contributed by atoms with Crippen LogP contribution in [-0.4, -0.2) is 6.04 Å². The molecule has 1 heterocycles. The summed E-state index contributed by atoms with van der Waals surface area (Å²) in [6.07, 6.45) is 64.6. The Balaban J connectivity index is 0.953. The first-order valence-corrected chi connectivity index (χ1v) is 23.1. The van der Waals surface area contributed by atoms with Gasteiger partial charge in [0.15, 0.2) is 0 Å². The summed E-state index contributed by atoms with van der Waals surface area (Å²) >= 11 is 0. The molecule has 0 fully saturated rings. The van der Waals surface area contributed by atoms with Crippen molar-refractivity contribution < 1.29 is 0 Å². The molecule has 10 aliphatic rings. The molecule has 8 atom stereocenters. The number of hydrogen-bond acceptors (Lipinski definition) is 1. The number of nitrogens with one attached hydrogen (secondary N) is 1. The molecule has 0 amide bonds. The molecule has 0 radical (unpaired) electrons. The van der Waals surface area contributed by atoms with Gasteiger partial charge in [0.1, 0.15) is 0 Å². The molecule has 0 aromatic carbocycles.